The van der Waals surface area contributed by atoms with E-state index in [1.165, 1.54) is 5.56 Å². The van der Waals surface area contributed by atoms with Crippen LogP contribution in [0.5, 0.6) is 0 Å². The second kappa shape index (κ2) is 5.78. The number of benzene rings is 2. The molecule has 0 atom stereocenters. The van der Waals surface area contributed by atoms with Crippen molar-refractivity contribution < 1.29 is 4.79 Å². The van der Waals surface area contributed by atoms with Gasteiger partial charge in [-0.15, -0.1) is 0 Å². The lowest BCUT2D eigenvalue weighted by molar-refractivity contribution is 0.102. The third-order valence-electron chi connectivity index (χ3n) is 3.68. The number of fused-ring (bicyclic) bond motifs is 1. The molecule has 0 saturated carbocycles. The molecule has 1 aliphatic heterocycles. The Bertz CT molecular complexity index is 697. The van der Waals surface area contributed by atoms with Crippen molar-refractivity contribution in [2.45, 2.75) is 19.8 Å². The van der Waals surface area contributed by atoms with Gasteiger partial charge in [0, 0.05) is 17.8 Å². The van der Waals surface area contributed by atoms with Gasteiger partial charge in [-0.25, -0.2) is 0 Å². The van der Waals surface area contributed by atoms with Crippen LogP contribution in [0.25, 0.3) is 0 Å². The Morgan fingerprint density at radius 3 is 2.95 bits per heavy atom. The maximum Gasteiger partial charge on any atom is 0.255 e. The lowest BCUT2D eigenvalue weighted by Crippen LogP contribution is -2.15. The van der Waals surface area contributed by atoms with Gasteiger partial charge in [-0.3, -0.25) is 4.79 Å². The van der Waals surface area contributed by atoms with Gasteiger partial charge >= 0.3 is 0 Å². The summed E-state index contributed by atoms with van der Waals surface area (Å²) in [5.41, 5.74) is 4.70. The Balaban J connectivity index is 1.83. The van der Waals surface area contributed by atoms with Crippen LogP contribution in [0.3, 0.4) is 0 Å². The number of halogens is 1. The summed E-state index contributed by atoms with van der Waals surface area (Å²) in [5, 5.41) is 6.77. The first-order valence-electron chi connectivity index (χ1n) is 7.08. The number of hydrogen-bond donors (Lipinski definition) is 2. The summed E-state index contributed by atoms with van der Waals surface area (Å²) < 4.78 is 0. The topological polar surface area (TPSA) is 41.1 Å². The van der Waals surface area contributed by atoms with Gasteiger partial charge in [-0.05, 0) is 61.2 Å². The molecule has 0 aliphatic carbocycles. The van der Waals surface area contributed by atoms with Crippen molar-refractivity contribution in [2.75, 3.05) is 17.2 Å². The SMILES string of the molecule is Cc1ccc(Cl)c(NC(=O)c2ccc3c(c2)CCCN3)c1. The van der Waals surface area contributed by atoms with Crippen molar-refractivity contribution >= 4 is 28.9 Å². The molecule has 2 aromatic carbocycles. The molecule has 3 rings (SSSR count). The van der Waals surface area contributed by atoms with Crippen LogP contribution in [0.2, 0.25) is 5.02 Å². The fraction of sp³-hybridized carbons (Fsp3) is 0.235. The molecule has 1 heterocycles. The highest BCUT2D eigenvalue weighted by Crippen LogP contribution is 2.25. The minimum absolute atomic E-state index is 0.129. The second-order valence-electron chi connectivity index (χ2n) is 5.34. The van der Waals surface area contributed by atoms with Crippen LogP contribution in [-0.2, 0) is 6.42 Å². The summed E-state index contributed by atoms with van der Waals surface area (Å²) in [4.78, 5) is 12.4. The van der Waals surface area contributed by atoms with Crippen LogP contribution < -0.4 is 10.6 Å². The van der Waals surface area contributed by atoms with E-state index >= 15 is 0 Å². The Hall–Kier alpha value is -2.00. The van der Waals surface area contributed by atoms with Crippen LogP contribution in [-0.4, -0.2) is 12.5 Å². The van der Waals surface area contributed by atoms with Gasteiger partial charge in [0.2, 0.25) is 0 Å². The highest BCUT2D eigenvalue weighted by molar-refractivity contribution is 6.34. The predicted octanol–water partition coefficient (Wildman–Crippen LogP) is 4.26. The number of rotatable bonds is 2. The van der Waals surface area contributed by atoms with Crippen molar-refractivity contribution in [1.29, 1.82) is 0 Å². The molecule has 0 bridgehead atoms. The lowest BCUT2D eigenvalue weighted by Gasteiger charge is -2.18. The quantitative estimate of drug-likeness (QED) is 0.870. The van der Waals surface area contributed by atoms with Gasteiger partial charge < -0.3 is 10.6 Å². The van der Waals surface area contributed by atoms with Crippen molar-refractivity contribution in [2.24, 2.45) is 0 Å². The number of carbonyl (C=O) groups is 1. The Labute approximate surface area is 129 Å². The smallest absolute Gasteiger partial charge is 0.255 e. The van der Waals surface area contributed by atoms with Crippen molar-refractivity contribution in [1.82, 2.24) is 0 Å². The van der Waals surface area contributed by atoms with Crippen molar-refractivity contribution in [3.8, 4) is 0 Å². The summed E-state index contributed by atoms with van der Waals surface area (Å²) in [7, 11) is 0. The van der Waals surface area contributed by atoms with Crippen molar-refractivity contribution in [3.63, 3.8) is 0 Å². The van der Waals surface area contributed by atoms with Gasteiger partial charge in [0.05, 0.1) is 10.7 Å². The Morgan fingerprint density at radius 2 is 2.10 bits per heavy atom. The van der Waals surface area contributed by atoms with Gasteiger partial charge in [0.1, 0.15) is 0 Å². The molecular weight excluding hydrogens is 284 g/mol. The van der Waals surface area contributed by atoms with E-state index < -0.39 is 0 Å². The fourth-order valence-electron chi connectivity index (χ4n) is 2.55. The molecule has 2 aromatic rings. The zero-order valence-corrected chi connectivity index (χ0v) is 12.6. The number of carbonyl (C=O) groups excluding carboxylic acids is 1. The van der Waals surface area contributed by atoms with E-state index in [1.807, 2.05) is 37.3 Å². The minimum Gasteiger partial charge on any atom is -0.385 e. The van der Waals surface area contributed by atoms with Gasteiger partial charge in [0.15, 0.2) is 0 Å². The predicted molar refractivity (Wildman–Crippen MR) is 87.4 cm³/mol. The minimum atomic E-state index is -0.129. The largest absolute Gasteiger partial charge is 0.385 e. The molecule has 2 N–H and O–H groups in total. The van der Waals surface area contributed by atoms with Gasteiger partial charge in [0.25, 0.3) is 5.91 Å². The zero-order valence-electron chi connectivity index (χ0n) is 11.9. The maximum absolute atomic E-state index is 12.4. The van der Waals surface area contributed by atoms with E-state index in [-0.39, 0.29) is 5.91 Å². The molecule has 1 aliphatic rings. The van der Waals surface area contributed by atoms with Crippen LogP contribution in [0.4, 0.5) is 11.4 Å². The number of aryl methyl sites for hydroxylation is 2. The van der Waals surface area contributed by atoms with Gasteiger partial charge in [-0.1, -0.05) is 17.7 Å². The first-order chi connectivity index (χ1) is 10.1. The summed E-state index contributed by atoms with van der Waals surface area (Å²) in [5.74, 6) is -0.129. The Morgan fingerprint density at radius 1 is 1.24 bits per heavy atom. The number of anilines is 2. The van der Waals surface area contributed by atoms with Gasteiger partial charge in [-0.2, -0.15) is 0 Å². The molecule has 0 aromatic heterocycles. The van der Waals surface area contributed by atoms with Crippen LogP contribution >= 0.6 is 11.6 Å². The van der Waals surface area contributed by atoms with Crippen LogP contribution in [0.1, 0.15) is 27.9 Å². The molecule has 0 unspecified atom stereocenters. The average molecular weight is 301 g/mol. The van der Waals surface area contributed by atoms with E-state index in [2.05, 4.69) is 10.6 Å². The number of nitrogens with one attached hydrogen (secondary N) is 2. The highest BCUT2D eigenvalue weighted by atomic mass is 35.5. The molecule has 0 saturated heterocycles. The molecule has 0 radical (unpaired) electrons. The molecule has 4 heteroatoms. The van der Waals surface area contributed by atoms with Crippen LogP contribution in [0, 0.1) is 6.92 Å². The van der Waals surface area contributed by atoms with Crippen molar-refractivity contribution in [3.05, 3.63) is 58.1 Å². The monoisotopic (exact) mass is 300 g/mol. The molecule has 3 nitrogen and oxygen atoms in total. The molecular formula is C17H17ClN2O. The van der Waals surface area contributed by atoms with E-state index in [1.54, 1.807) is 6.07 Å². The average Bonchev–Trinajstić information content (AvgIpc) is 2.50. The summed E-state index contributed by atoms with van der Waals surface area (Å²) in [6.07, 6.45) is 2.11. The van der Waals surface area contributed by atoms with E-state index in [0.717, 1.165) is 30.6 Å². The Kier molecular flexibility index (Phi) is 3.84. The fourth-order valence-corrected chi connectivity index (χ4v) is 2.71. The van der Waals surface area contributed by atoms with Crippen LogP contribution in [0.15, 0.2) is 36.4 Å². The second-order valence-corrected chi connectivity index (χ2v) is 5.75. The third-order valence-corrected chi connectivity index (χ3v) is 4.01. The first-order valence-corrected chi connectivity index (χ1v) is 7.45. The molecule has 1 amide bonds. The van der Waals surface area contributed by atoms with E-state index in [0.29, 0.717) is 16.3 Å². The molecule has 0 fully saturated rings. The molecule has 21 heavy (non-hydrogen) atoms. The standard InChI is InChI=1S/C17H17ClN2O/c1-11-4-6-14(18)16(9-11)20-17(21)13-5-7-15-12(10-13)3-2-8-19-15/h4-7,9-10,19H,2-3,8H2,1H3,(H,20,21). The highest BCUT2D eigenvalue weighted by Gasteiger charge is 2.13. The summed E-state index contributed by atoms with van der Waals surface area (Å²) in [6, 6.07) is 11.4. The zero-order chi connectivity index (χ0) is 14.8. The molecule has 108 valence electrons. The molecule has 0 spiro atoms. The summed E-state index contributed by atoms with van der Waals surface area (Å²) >= 11 is 6.12. The van der Waals surface area contributed by atoms with E-state index in [9.17, 15) is 4.79 Å². The van der Waals surface area contributed by atoms with E-state index in [4.69, 9.17) is 11.6 Å². The third kappa shape index (κ3) is 3.03. The maximum atomic E-state index is 12.4. The summed E-state index contributed by atoms with van der Waals surface area (Å²) in [6.45, 7) is 2.97. The number of hydrogen-bond acceptors (Lipinski definition) is 2. The first kappa shape index (κ1) is 14.0. The lowest BCUT2D eigenvalue weighted by atomic mass is 10.0. The number of amides is 1. The normalized spacial score (nSPS) is 13.2.